The molecular formula is C33H27Br2N2O8S2-. The van der Waals surface area contributed by atoms with Gasteiger partial charge in [-0.25, -0.2) is 8.42 Å². The molecule has 1 N–H and O–H groups in total. The lowest BCUT2D eigenvalue weighted by atomic mass is 10.0. The first-order valence-electron chi connectivity index (χ1n) is 14.3. The minimum Gasteiger partial charge on any atom is -0.747 e. The molecule has 6 rings (SSSR count). The summed E-state index contributed by atoms with van der Waals surface area (Å²) in [5.74, 6) is -0.683. The van der Waals surface area contributed by atoms with Gasteiger partial charge < -0.3 is 18.9 Å². The number of fused-ring (bicyclic) bond motifs is 2. The molecule has 0 bridgehead atoms. The molecular weight excluding hydrogens is 776 g/mol. The number of ether oxygens (including phenoxy) is 2. The van der Waals surface area contributed by atoms with E-state index in [9.17, 15) is 25.9 Å². The number of hydrogen-bond acceptors (Lipinski definition) is 9. The highest BCUT2D eigenvalue weighted by Gasteiger charge is 2.33. The van der Waals surface area contributed by atoms with Crippen LogP contribution in [0, 0.1) is 0 Å². The maximum absolute atomic E-state index is 12.1. The van der Waals surface area contributed by atoms with E-state index in [-0.39, 0.29) is 5.88 Å². The van der Waals surface area contributed by atoms with Crippen molar-refractivity contribution in [3.8, 4) is 33.8 Å². The van der Waals surface area contributed by atoms with E-state index in [2.05, 4.69) is 31.9 Å². The summed E-state index contributed by atoms with van der Waals surface area (Å²) in [6, 6.07) is 25.9. The lowest BCUT2D eigenvalue weighted by Gasteiger charge is -2.25. The van der Waals surface area contributed by atoms with Gasteiger partial charge in [-0.2, -0.15) is 8.42 Å². The van der Waals surface area contributed by atoms with E-state index < -0.39 is 38.2 Å². The Balaban J connectivity index is 1.36. The number of allylic oxidation sites excluding steroid dienone is 2. The van der Waals surface area contributed by atoms with Gasteiger partial charge in [-0.05, 0) is 88.9 Å². The number of nitrogens with zero attached hydrogens (tertiary/aromatic N) is 2. The molecule has 4 aromatic carbocycles. The summed E-state index contributed by atoms with van der Waals surface area (Å²) in [6.07, 6.45) is 2.70. The van der Waals surface area contributed by atoms with Crippen molar-refractivity contribution in [2.24, 2.45) is 0 Å². The lowest BCUT2D eigenvalue weighted by Crippen LogP contribution is -2.37. The third kappa shape index (κ3) is 7.74. The van der Waals surface area contributed by atoms with Crippen LogP contribution in [0.25, 0.3) is 22.3 Å². The smallest absolute Gasteiger partial charge is 0.283 e. The van der Waals surface area contributed by atoms with Crippen LogP contribution in [0.15, 0.2) is 117 Å². The van der Waals surface area contributed by atoms with Crippen LogP contribution in [0.5, 0.6) is 11.5 Å². The van der Waals surface area contributed by atoms with Crippen molar-refractivity contribution >= 4 is 63.5 Å². The first kappa shape index (κ1) is 33.2. The molecule has 0 amide bonds. The quantitative estimate of drug-likeness (QED) is 0.170. The van der Waals surface area contributed by atoms with Crippen molar-refractivity contribution in [1.82, 2.24) is 0 Å². The summed E-state index contributed by atoms with van der Waals surface area (Å²) in [5.41, 5.74) is 4.86. The van der Waals surface area contributed by atoms with Crippen LogP contribution in [0.1, 0.15) is 13.3 Å². The van der Waals surface area contributed by atoms with E-state index in [0.29, 0.717) is 34.9 Å². The Morgan fingerprint density at radius 3 is 1.87 bits per heavy atom. The molecule has 0 aliphatic carbocycles. The van der Waals surface area contributed by atoms with Crippen LogP contribution in [0.2, 0.25) is 0 Å². The second-order valence-electron chi connectivity index (χ2n) is 10.9. The van der Waals surface area contributed by atoms with Gasteiger partial charge >= 0.3 is 0 Å². The topological polar surface area (TPSA) is 137 Å². The van der Waals surface area contributed by atoms with Crippen molar-refractivity contribution < 1.29 is 35.4 Å². The largest absolute Gasteiger partial charge is 0.747 e. The fourth-order valence-corrected chi connectivity index (χ4v) is 7.12. The predicted octanol–water partition coefficient (Wildman–Crippen LogP) is 7.50. The van der Waals surface area contributed by atoms with Gasteiger partial charge in [-0.3, -0.25) is 9.45 Å². The van der Waals surface area contributed by atoms with E-state index in [1.165, 1.54) is 9.80 Å². The molecule has 1 unspecified atom stereocenters. The molecule has 4 aromatic rings. The molecule has 0 spiro atoms. The van der Waals surface area contributed by atoms with Gasteiger partial charge in [-0.15, -0.1) is 0 Å². The molecule has 1 atom stereocenters. The summed E-state index contributed by atoms with van der Waals surface area (Å²) >= 11 is 6.85. The Morgan fingerprint density at radius 2 is 1.34 bits per heavy atom. The number of hydrogen-bond donors (Lipinski definition) is 1. The van der Waals surface area contributed by atoms with Crippen molar-refractivity contribution in [2.75, 3.05) is 21.6 Å². The summed E-state index contributed by atoms with van der Waals surface area (Å²) in [6.45, 7) is 1.85. The highest BCUT2D eigenvalue weighted by atomic mass is 79.9. The number of benzene rings is 4. The van der Waals surface area contributed by atoms with Gasteiger partial charge in [0.15, 0.2) is 17.9 Å². The van der Waals surface area contributed by atoms with Gasteiger partial charge in [0.05, 0.1) is 11.4 Å². The molecule has 2 heterocycles. The average molecular weight is 804 g/mol. The highest BCUT2D eigenvalue weighted by molar-refractivity contribution is 9.10. The van der Waals surface area contributed by atoms with Crippen LogP contribution < -0.4 is 19.3 Å². The molecule has 0 radical (unpaired) electrons. The minimum atomic E-state index is -4.71. The van der Waals surface area contributed by atoms with Crippen molar-refractivity contribution in [3.05, 3.63) is 117 Å². The number of rotatable bonds is 9. The van der Waals surface area contributed by atoms with Gasteiger partial charge in [0.25, 0.3) is 10.1 Å². The number of halogens is 2. The summed E-state index contributed by atoms with van der Waals surface area (Å²) < 4.78 is 84.1. The molecule has 14 heteroatoms. The standard InChI is InChI=1S/C33H28Br2N2O8S2/c1-2-21(15-32-36(19-46(38,39)40)28-17-24(7-13-30(28)44-32)22-3-9-26(34)10-4-22)16-33-37(20-47(41,42)43)29-18-25(8-14-31(29)45-33)23-5-11-27(35)12-6-23/h3-18,32H,2,19-20H2,1H3,(H,38,39,40)(H,41,42,43)/p-1/b21-15-,33-16+. The Hall–Kier alpha value is -3.66. The first-order valence-corrected chi connectivity index (χ1v) is 19.0. The second kappa shape index (κ2) is 13.1. The molecule has 0 aromatic heterocycles. The van der Waals surface area contributed by atoms with Crippen LogP contribution in [0.3, 0.4) is 0 Å². The van der Waals surface area contributed by atoms with Gasteiger partial charge in [0, 0.05) is 15.0 Å². The molecule has 0 fully saturated rings. The molecule has 47 heavy (non-hydrogen) atoms. The Bertz CT molecular complexity index is 2120. The van der Waals surface area contributed by atoms with E-state index in [1.54, 1.807) is 36.4 Å². The third-order valence-electron chi connectivity index (χ3n) is 7.57. The molecule has 244 valence electrons. The van der Waals surface area contributed by atoms with Gasteiger partial charge in [-0.1, -0.05) is 75.2 Å². The van der Waals surface area contributed by atoms with Crippen LogP contribution >= 0.6 is 31.9 Å². The fourth-order valence-electron chi connectivity index (χ4n) is 5.37. The number of anilines is 2. The zero-order valence-electron chi connectivity index (χ0n) is 24.7. The SMILES string of the molecule is CCC(=C/C1Oc2ccc(-c3ccc(Br)cc3)cc2N1CS(=O)(=O)[O-])/C=C1/Oc2ccc(-c3ccc(Br)cc3)cc2N1CS(=O)(=O)O. The first-order chi connectivity index (χ1) is 22.3. The Labute approximate surface area is 289 Å². The Kier molecular flexibility index (Phi) is 9.26. The fraction of sp³-hybridized carbons (Fsp3) is 0.152. The normalized spacial score (nSPS) is 17.0. The third-order valence-corrected chi connectivity index (χ3v) is 9.81. The minimum absolute atomic E-state index is 0.134. The van der Waals surface area contributed by atoms with Crippen molar-refractivity contribution in [3.63, 3.8) is 0 Å². The Morgan fingerprint density at radius 1 is 0.809 bits per heavy atom. The molecule has 2 aliphatic rings. The molecule has 2 aliphatic heterocycles. The van der Waals surface area contributed by atoms with Gasteiger partial charge in [0.2, 0.25) is 5.88 Å². The summed E-state index contributed by atoms with van der Waals surface area (Å²) in [7, 11) is -9.19. The molecule has 0 saturated carbocycles. The molecule has 10 nitrogen and oxygen atoms in total. The van der Waals surface area contributed by atoms with E-state index >= 15 is 0 Å². The summed E-state index contributed by atoms with van der Waals surface area (Å²) in [5, 5.41) is 0. The monoisotopic (exact) mass is 801 g/mol. The zero-order chi connectivity index (χ0) is 33.5. The van der Waals surface area contributed by atoms with Crippen molar-refractivity contribution in [1.29, 1.82) is 0 Å². The molecule has 0 saturated heterocycles. The van der Waals surface area contributed by atoms with Gasteiger partial charge in [0.1, 0.15) is 21.7 Å². The predicted molar refractivity (Wildman–Crippen MR) is 187 cm³/mol. The van der Waals surface area contributed by atoms with Crippen LogP contribution in [-0.2, 0) is 20.2 Å². The van der Waals surface area contributed by atoms with E-state index in [1.807, 2.05) is 67.6 Å². The van der Waals surface area contributed by atoms with Crippen LogP contribution in [0.4, 0.5) is 11.4 Å². The zero-order valence-corrected chi connectivity index (χ0v) is 29.5. The lowest BCUT2D eigenvalue weighted by molar-refractivity contribution is 0.275. The summed E-state index contributed by atoms with van der Waals surface area (Å²) in [4.78, 5) is 2.73. The van der Waals surface area contributed by atoms with E-state index in [0.717, 1.165) is 31.2 Å². The van der Waals surface area contributed by atoms with Crippen molar-refractivity contribution in [2.45, 2.75) is 19.6 Å². The second-order valence-corrected chi connectivity index (χ2v) is 15.5. The maximum Gasteiger partial charge on any atom is 0.283 e. The maximum atomic E-state index is 12.1. The average Bonchev–Trinajstić information content (AvgIpc) is 3.51. The van der Waals surface area contributed by atoms with Crippen LogP contribution in [-0.4, -0.2) is 43.9 Å². The van der Waals surface area contributed by atoms with E-state index in [4.69, 9.17) is 9.47 Å². The highest BCUT2D eigenvalue weighted by Crippen LogP contribution is 2.44.